The third-order valence-electron chi connectivity index (χ3n) is 1.95. The Balaban J connectivity index is 2.96. The number of benzene rings is 1. The quantitative estimate of drug-likeness (QED) is 0.807. The minimum atomic E-state index is -3.65. The van der Waals surface area contributed by atoms with E-state index in [1.807, 2.05) is 0 Å². The second-order valence-corrected chi connectivity index (χ2v) is 6.15. The van der Waals surface area contributed by atoms with E-state index < -0.39 is 22.6 Å². The van der Waals surface area contributed by atoms with Gasteiger partial charge < -0.3 is 14.6 Å². The van der Waals surface area contributed by atoms with Gasteiger partial charge in [0.2, 0.25) is 10.0 Å². The van der Waals surface area contributed by atoms with Gasteiger partial charge in [0.15, 0.2) is 0 Å². The molecule has 1 rings (SSSR count). The minimum Gasteiger partial charge on any atom is -0.546 e. The zero-order valence-corrected chi connectivity index (χ0v) is 11.9. The van der Waals surface area contributed by atoms with Crippen LogP contribution in [0.15, 0.2) is 23.1 Å². The molecule has 6 nitrogen and oxygen atoms in total. The fourth-order valence-corrected chi connectivity index (χ4v) is 2.86. The lowest BCUT2D eigenvalue weighted by molar-refractivity contribution is -0.307. The predicted octanol–water partition coefficient (Wildman–Crippen LogP) is 0.155. The highest BCUT2D eigenvalue weighted by molar-refractivity contribution is 7.89. The van der Waals surface area contributed by atoms with Crippen molar-refractivity contribution in [1.82, 2.24) is 4.72 Å². The Morgan fingerprint density at radius 1 is 1.47 bits per heavy atom. The van der Waals surface area contributed by atoms with Crippen molar-refractivity contribution in [2.75, 3.05) is 6.61 Å². The van der Waals surface area contributed by atoms with Gasteiger partial charge in [-0.05, 0) is 32.0 Å². The van der Waals surface area contributed by atoms with Crippen LogP contribution >= 0.6 is 11.6 Å². The molecule has 19 heavy (non-hydrogen) atoms. The molecule has 0 bridgehead atoms. The van der Waals surface area contributed by atoms with Crippen molar-refractivity contribution in [1.29, 1.82) is 0 Å². The highest BCUT2D eigenvalue weighted by Crippen LogP contribution is 2.27. The molecular weight excluding hydrogens is 294 g/mol. The van der Waals surface area contributed by atoms with Gasteiger partial charge >= 0.3 is 0 Å². The average Bonchev–Trinajstić information content (AvgIpc) is 2.25. The first-order valence-corrected chi connectivity index (χ1v) is 7.23. The lowest BCUT2D eigenvalue weighted by Crippen LogP contribution is -2.30. The number of aliphatic carboxylic acids is 1. The van der Waals surface area contributed by atoms with E-state index in [0.717, 1.165) is 0 Å². The monoisotopic (exact) mass is 306 g/mol. The van der Waals surface area contributed by atoms with Gasteiger partial charge in [-0.3, -0.25) is 0 Å². The smallest absolute Gasteiger partial charge is 0.240 e. The molecule has 0 aliphatic heterocycles. The Morgan fingerprint density at radius 3 is 2.58 bits per heavy atom. The van der Waals surface area contributed by atoms with Crippen molar-refractivity contribution in [3.63, 3.8) is 0 Å². The summed E-state index contributed by atoms with van der Waals surface area (Å²) in [5.74, 6) is -1.32. The molecule has 0 radical (unpaired) electrons. The summed E-state index contributed by atoms with van der Waals surface area (Å²) in [5, 5.41) is 10.3. The summed E-state index contributed by atoms with van der Waals surface area (Å²) >= 11 is 5.82. The average molecular weight is 307 g/mol. The van der Waals surface area contributed by atoms with E-state index in [9.17, 15) is 18.3 Å². The Morgan fingerprint density at radius 2 is 2.11 bits per heavy atom. The van der Waals surface area contributed by atoms with Gasteiger partial charge in [0.05, 0.1) is 15.9 Å². The Kier molecular flexibility index (Phi) is 5.16. The molecule has 1 aromatic carbocycles. The van der Waals surface area contributed by atoms with Crippen LogP contribution < -0.4 is 14.6 Å². The number of ether oxygens (including phenoxy) is 1. The summed E-state index contributed by atoms with van der Waals surface area (Å²) in [5.41, 5.74) is 0. The Labute approximate surface area is 116 Å². The van der Waals surface area contributed by atoms with Crippen LogP contribution in [-0.4, -0.2) is 27.0 Å². The van der Waals surface area contributed by atoms with Crippen LogP contribution in [0.2, 0.25) is 5.02 Å². The van der Waals surface area contributed by atoms with Gasteiger partial charge in [0.25, 0.3) is 0 Å². The fraction of sp³-hybridized carbons (Fsp3) is 0.364. The van der Waals surface area contributed by atoms with Crippen LogP contribution in [0.1, 0.15) is 13.8 Å². The molecule has 0 aliphatic carbocycles. The fourth-order valence-electron chi connectivity index (χ4n) is 1.28. The van der Waals surface area contributed by atoms with E-state index in [2.05, 4.69) is 4.72 Å². The van der Waals surface area contributed by atoms with Gasteiger partial charge in [0.1, 0.15) is 12.4 Å². The Bertz CT molecular complexity index is 570. The highest BCUT2D eigenvalue weighted by Gasteiger charge is 2.17. The van der Waals surface area contributed by atoms with E-state index >= 15 is 0 Å². The molecule has 0 heterocycles. The van der Waals surface area contributed by atoms with Crippen molar-refractivity contribution < 1.29 is 23.1 Å². The zero-order valence-electron chi connectivity index (χ0n) is 10.3. The normalized spacial score (nSPS) is 11.6. The predicted molar refractivity (Wildman–Crippen MR) is 67.4 cm³/mol. The molecular formula is C11H13ClNO5S-. The lowest BCUT2D eigenvalue weighted by Gasteiger charge is -2.12. The Hall–Kier alpha value is -1.31. The van der Waals surface area contributed by atoms with Crippen LogP contribution in [0.5, 0.6) is 5.75 Å². The molecule has 1 N–H and O–H groups in total. The van der Waals surface area contributed by atoms with Crippen LogP contribution in [0.4, 0.5) is 0 Å². The molecule has 0 spiro atoms. The molecule has 8 heteroatoms. The van der Waals surface area contributed by atoms with Crippen LogP contribution in [0, 0.1) is 0 Å². The summed E-state index contributed by atoms with van der Waals surface area (Å²) in [4.78, 5) is 10.2. The number of hydrogen-bond donors (Lipinski definition) is 1. The number of halogens is 1. The second kappa shape index (κ2) is 6.23. The number of rotatable bonds is 6. The summed E-state index contributed by atoms with van der Waals surface area (Å²) < 4.78 is 31.0. The molecule has 0 saturated heterocycles. The third-order valence-corrected chi connectivity index (χ3v) is 3.90. The first-order valence-electron chi connectivity index (χ1n) is 5.37. The summed E-state index contributed by atoms with van der Waals surface area (Å²) in [6, 6.07) is 3.51. The maximum atomic E-state index is 11.9. The van der Waals surface area contributed by atoms with Crippen molar-refractivity contribution in [3.8, 4) is 5.75 Å². The number of carbonyl (C=O) groups excluding carboxylic acids is 1. The molecule has 0 aliphatic rings. The topological polar surface area (TPSA) is 95.5 Å². The molecule has 106 valence electrons. The van der Waals surface area contributed by atoms with E-state index in [1.165, 1.54) is 18.2 Å². The number of carboxylic acid groups (broad SMARTS) is 1. The van der Waals surface area contributed by atoms with E-state index in [1.54, 1.807) is 13.8 Å². The van der Waals surface area contributed by atoms with Crippen molar-refractivity contribution in [2.24, 2.45) is 0 Å². The number of nitrogens with one attached hydrogen (secondary N) is 1. The van der Waals surface area contributed by atoms with Crippen LogP contribution in [0.25, 0.3) is 0 Å². The van der Waals surface area contributed by atoms with Gasteiger partial charge in [-0.15, -0.1) is 0 Å². The van der Waals surface area contributed by atoms with Gasteiger partial charge in [-0.25, -0.2) is 13.1 Å². The summed E-state index contributed by atoms with van der Waals surface area (Å²) in [6.07, 6.45) is 0. The van der Waals surface area contributed by atoms with E-state index in [4.69, 9.17) is 16.3 Å². The molecule has 0 atom stereocenters. The highest BCUT2D eigenvalue weighted by atomic mass is 35.5. The third kappa shape index (κ3) is 4.70. The number of hydrogen-bond acceptors (Lipinski definition) is 5. The van der Waals surface area contributed by atoms with Gasteiger partial charge in [0, 0.05) is 6.04 Å². The first kappa shape index (κ1) is 15.7. The van der Waals surface area contributed by atoms with Crippen molar-refractivity contribution in [2.45, 2.75) is 24.8 Å². The maximum absolute atomic E-state index is 11.9. The number of carboxylic acids is 1. The van der Waals surface area contributed by atoms with Crippen LogP contribution in [-0.2, 0) is 14.8 Å². The number of carbonyl (C=O) groups is 1. The molecule has 1 aromatic rings. The van der Waals surface area contributed by atoms with Crippen LogP contribution in [0.3, 0.4) is 0 Å². The summed E-state index contributed by atoms with van der Waals surface area (Å²) in [6.45, 7) is 2.73. The second-order valence-electron chi connectivity index (χ2n) is 4.03. The largest absolute Gasteiger partial charge is 0.546 e. The molecule has 0 fully saturated rings. The molecule has 0 amide bonds. The number of sulfonamides is 1. The molecule has 0 aromatic heterocycles. The standard InChI is InChI=1S/C11H14ClNO5S/c1-7(2)13-19(16,17)8-3-4-10(9(12)5-8)18-6-11(14)15/h3-5,7,13H,6H2,1-2H3,(H,14,15)/p-1. The minimum absolute atomic E-state index is 0.00730. The van der Waals surface area contributed by atoms with Gasteiger partial charge in [-0.1, -0.05) is 11.6 Å². The van der Waals surface area contributed by atoms with E-state index in [-0.39, 0.29) is 21.7 Å². The maximum Gasteiger partial charge on any atom is 0.240 e. The SMILES string of the molecule is CC(C)NS(=O)(=O)c1ccc(OCC(=O)[O-])c(Cl)c1. The zero-order chi connectivity index (χ0) is 14.6. The van der Waals surface area contributed by atoms with Crippen molar-refractivity contribution >= 4 is 27.6 Å². The molecule has 0 unspecified atom stereocenters. The van der Waals surface area contributed by atoms with E-state index in [0.29, 0.717) is 0 Å². The summed E-state index contributed by atoms with van der Waals surface area (Å²) in [7, 11) is -3.65. The van der Waals surface area contributed by atoms with Gasteiger partial charge in [-0.2, -0.15) is 0 Å². The van der Waals surface area contributed by atoms with Crippen molar-refractivity contribution in [3.05, 3.63) is 23.2 Å². The molecule has 0 saturated carbocycles. The first-order chi connectivity index (χ1) is 8.72. The lowest BCUT2D eigenvalue weighted by atomic mass is 10.3.